The summed E-state index contributed by atoms with van der Waals surface area (Å²) < 4.78 is 17.9. The second-order valence-corrected chi connectivity index (χ2v) is 11.3. The van der Waals surface area contributed by atoms with Gasteiger partial charge >= 0.3 is 0 Å². The van der Waals surface area contributed by atoms with E-state index in [9.17, 15) is 10.1 Å². The van der Waals surface area contributed by atoms with E-state index in [1.54, 1.807) is 25.2 Å². The van der Waals surface area contributed by atoms with Crippen molar-refractivity contribution in [2.45, 2.75) is 13.2 Å². The Morgan fingerprint density at radius 3 is 2.43 bits per heavy atom. The minimum atomic E-state index is -0.132. The standard InChI is InChI=1S/C33H26IN3O4S/c1-39-27-14-12-22(13-15-27)20-37-32(38)30(42-33(37)36-26-10-4-3-5-11-26)18-23-16-28(34)31(29(17-23)40-2)41-21-25-9-7-6-8-24(25)19-35/h3-18H,20-21H2,1-2H3/b30-18-,36-33?. The summed E-state index contributed by atoms with van der Waals surface area (Å²) >= 11 is 3.53. The average molecular weight is 688 g/mol. The number of carbonyl (C=O) groups is 1. The number of aliphatic imine (C=N–C) groups is 1. The van der Waals surface area contributed by atoms with E-state index in [1.165, 1.54) is 11.8 Å². The van der Waals surface area contributed by atoms with Gasteiger partial charge in [0.2, 0.25) is 0 Å². The topological polar surface area (TPSA) is 84.1 Å². The Balaban J connectivity index is 1.43. The number of benzene rings is 4. The van der Waals surface area contributed by atoms with Gasteiger partial charge in [-0.15, -0.1) is 0 Å². The van der Waals surface area contributed by atoms with Crippen LogP contribution in [0.5, 0.6) is 17.2 Å². The summed E-state index contributed by atoms with van der Waals surface area (Å²) in [5.74, 6) is 1.73. The number of rotatable bonds is 9. The van der Waals surface area contributed by atoms with Crippen molar-refractivity contribution in [3.05, 3.63) is 122 Å². The predicted molar refractivity (Wildman–Crippen MR) is 174 cm³/mol. The minimum absolute atomic E-state index is 0.132. The van der Waals surface area contributed by atoms with Crippen LogP contribution in [0.2, 0.25) is 0 Å². The highest BCUT2D eigenvalue weighted by molar-refractivity contribution is 14.1. The third-order valence-corrected chi connectivity index (χ3v) is 8.24. The zero-order valence-electron chi connectivity index (χ0n) is 22.9. The lowest BCUT2D eigenvalue weighted by Crippen LogP contribution is -2.28. The lowest BCUT2D eigenvalue weighted by molar-refractivity contribution is -0.122. The number of hydrogen-bond donors (Lipinski definition) is 0. The monoisotopic (exact) mass is 687 g/mol. The van der Waals surface area contributed by atoms with Gasteiger partial charge in [0.1, 0.15) is 12.4 Å². The maximum Gasteiger partial charge on any atom is 0.267 e. The molecule has 0 atom stereocenters. The van der Waals surface area contributed by atoms with E-state index >= 15 is 0 Å². The lowest BCUT2D eigenvalue weighted by atomic mass is 10.1. The number of para-hydroxylation sites is 1. The Labute approximate surface area is 262 Å². The number of thioether (sulfide) groups is 1. The highest BCUT2D eigenvalue weighted by Gasteiger charge is 2.33. The molecular formula is C33H26IN3O4S. The first kappa shape index (κ1) is 29.2. The minimum Gasteiger partial charge on any atom is -0.497 e. The fraction of sp³-hybridized carbons (Fsp3) is 0.121. The number of hydrogen-bond acceptors (Lipinski definition) is 7. The van der Waals surface area contributed by atoms with Crippen molar-refractivity contribution in [3.63, 3.8) is 0 Å². The van der Waals surface area contributed by atoms with Crippen LogP contribution in [0, 0.1) is 14.9 Å². The zero-order valence-corrected chi connectivity index (χ0v) is 25.9. The van der Waals surface area contributed by atoms with Crippen LogP contribution >= 0.6 is 34.4 Å². The van der Waals surface area contributed by atoms with Crippen molar-refractivity contribution in [1.82, 2.24) is 4.90 Å². The van der Waals surface area contributed by atoms with Gasteiger partial charge in [-0.05, 0) is 94.0 Å². The Bertz CT molecular complexity index is 1700. The fourth-order valence-corrected chi connectivity index (χ4v) is 6.06. The third-order valence-electron chi connectivity index (χ3n) is 6.43. The second kappa shape index (κ2) is 13.6. The van der Waals surface area contributed by atoms with Crippen LogP contribution in [0.3, 0.4) is 0 Å². The van der Waals surface area contributed by atoms with Crippen LogP contribution in [0.15, 0.2) is 101 Å². The fourth-order valence-electron chi connectivity index (χ4n) is 4.28. The Kier molecular flexibility index (Phi) is 9.46. The number of ether oxygens (including phenoxy) is 3. The van der Waals surface area contributed by atoms with Crippen LogP contribution in [-0.4, -0.2) is 30.2 Å². The number of methoxy groups -OCH3 is 2. The van der Waals surface area contributed by atoms with E-state index in [0.717, 1.165) is 31.7 Å². The van der Waals surface area contributed by atoms with Gasteiger partial charge in [0, 0.05) is 5.56 Å². The molecule has 0 aromatic heterocycles. The van der Waals surface area contributed by atoms with Crippen LogP contribution in [0.4, 0.5) is 5.69 Å². The molecule has 1 saturated heterocycles. The van der Waals surface area contributed by atoms with Gasteiger partial charge in [-0.1, -0.05) is 48.5 Å². The summed E-state index contributed by atoms with van der Waals surface area (Å²) in [5, 5.41) is 10.0. The molecule has 0 saturated carbocycles. The van der Waals surface area contributed by atoms with Gasteiger partial charge in [0.05, 0.1) is 46.6 Å². The summed E-state index contributed by atoms with van der Waals surface area (Å²) in [6.45, 7) is 0.598. The molecule has 0 spiro atoms. The van der Waals surface area contributed by atoms with Crippen molar-refractivity contribution in [1.29, 1.82) is 5.26 Å². The first-order chi connectivity index (χ1) is 20.5. The van der Waals surface area contributed by atoms with E-state index < -0.39 is 0 Å². The molecule has 1 amide bonds. The van der Waals surface area contributed by atoms with Crippen molar-refractivity contribution >= 4 is 57.2 Å². The first-order valence-electron chi connectivity index (χ1n) is 13.0. The zero-order chi connectivity index (χ0) is 29.5. The van der Waals surface area contributed by atoms with Gasteiger partial charge in [-0.2, -0.15) is 5.26 Å². The van der Waals surface area contributed by atoms with E-state index in [-0.39, 0.29) is 12.5 Å². The van der Waals surface area contributed by atoms with E-state index in [4.69, 9.17) is 19.2 Å². The summed E-state index contributed by atoms with van der Waals surface area (Å²) in [6, 6.07) is 30.5. The highest BCUT2D eigenvalue weighted by Crippen LogP contribution is 2.39. The van der Waals surface area contributed by atoms with Crippen molar-refractivity contribution in [2.24, 2.45) is 4.99 Å². The number of amides is 1. The Morgan fingerprint density at radius 1 is 0.976 bits per heavy atom. The molecule has 7 nitrogen and oxygen atoms in total. The van der Waals surface area contributed by atoms with Gasteiger partial charge < -0.3 is 14.2 Å². The molecule has 0 aliphatic carbocycles. The van der Waals surface area contributed by atoms with E-state index in [1.807, 2.05) is 91.0 Å². The Morgan fingerprint density at radius 2 is 1.71 bits per heavy atom. The molecule has 4 aromatic carbocycles. The second-order valence-electron chi connectivity index (χ2n) is 9.17. The maximum atomic E-state index is 13.7. The molecule has 1 heterocycles. The molecule has 5 rings (SSSR count). The number of nitriles is 1. The van der Waals surface area contributed by atoms with Crippen LogP contribution in [-0.2, 0) is 17.9 Å². The molecule has 0 N–H and O–H groups in total. The van der Waals surface area contributed by atoms with E-state index in [2.05, 4.69) is 28.7 Å². The summed E-state index contributed by atoms with van der Waals surface area (Å²) in [4.78, 5) is 20.7. The molecule has 210 valence electrons. The van der Waals surface area contributed by atoms with Crippen LogP contribution in [0.1, 0.15) is 22.3 Å². The predicted octanol–water partition coefficient (Wildman–Crippen LogP) is 7.56. The molecule has 1 fully saturated rings. The smallest absolute Gasteiger partial charge is 0.267 e. The van der Waals surface area contributed by atoms with Crippen molar-refractivity contribution in [2.75, 3.05) is 14.2 Å². The molecule has 1 aliphatic heterocycles. The molecule has 4 aromatic rings. The van der Waals surface area contributed by atoms with Gasteiger partial charge in [0.25, 0.3) is 5.91 Å². The van der Waals surface area contributed by atoms with Crippen LogP contribution in [0.25, 0.3) is 6.08 Å². The largest absolute Gasteiger partial charge is 0.497 e. The van der Waals surface area contributed by atoms with Crippen LogP contribution < -0.4 is 14.2 Å². The number of halogens is 1. The number of carbonyl (C=O) groups excluding carboxylic acids is 1. The van der Waals surface area contributed by atoms with Crippen molar-refractivity contribution < 1.29 is 19.0 Å². The molecule has 0 bridgehead atoms. The van der Waals surface area contributed by atoms with Gasteiger partial charge in [-0.25, -0.2) is 4.99 Å². The van der Waals surface area contributed by atoms with Gasteiger partial charge in [-0.3, -0.25) is 9.69 Å². The number of nitrogens with zero attached hydrogens (tertiary/aromatic N) is 3. The van der Waals surface area contributed by atoms with E-state index in [0.29, 0.717) is 33.7 Å². The van der Waals surface area contributed by atoms with Crippen molar-refractivity contribution in [3.8, 4) is 23.3 Å². The SMILES string of the molecule is COc1ccc(CN2C(=O)/C(=C/c3cc(I)c(OCc4ccccc4C#N)c(OC)c3)SC2=Nc2ccccc2)cc1. The molecule has 9 heteroatoms. The molecule has 0 unspecified atom stereocenters. The van der Waals surface area contributed by atoms with Gasteiger partial charge in [0.15, 0.2) is 16.7 Å². The summed E-state index contributed by atoms with van der Waals surface area (Å²) in [6.07, 6.45) is 1.85. The molecule has 1 aliphatic rings. The summed E-state index contributed by atoms with van der Waals surface area (Å²) in [7, 11) is 3.20. The third kappa shape index (κ3) is 6.78. The quantitative estimate of drug-likeness (QED) is 0.133. The maximum absolute atomic E-state index is 13.7. The first-order valence-corrected chi connectivity index (χ1v) is 14.8. The molecular weight excluding hydrogens is 661 g/mol. The molecule has 0 radical (unpaired) electrons. The molecule has 42 heavy (non-hydrogen) atoms. The normalized spacial score (nSPS) is 14.7. The summed E-state index contributed by atoms with van der Waals surface area (Å²) in [5.41, 5.74) is 3.88. The highest BCUT2D eigenvalue weighted by atomic mass is 127. The Hall–Kier alpha value is -4.27. The average Bonchev–Trinajstić information content (AvgIpc) is 3.29. The number of amidine groups is 1. The lowest BCUT2D eigenvalue weighted by Gasteiger charge is -2.16.